The van der Waals surface area contributed by atoms with Crippen molar-refractivity contribution < 1.29 is 9.53 Å². The van der Waals surface area contributed by atoms with Crippen molar-refractivity contribution in [1.29, 1.82) is 0 Å². The molecule has 1 aliphatic rings. The largest absolute Gasteiger partial charge is 0.445 e. The van der Waals surface area contributed by atoms with Crippen LogP contribution in [0.3, 0.4) is 0 Å². The maximum Gasteiger partial charge on any atom is 0.308 e. The number of rotatable bonds is 1. The molecule has 0 spiro atoms. The number of ether oxygens (including phenoxy) is 1. The Bertz CT molecular complexity index is 310. The van der Waals surface area contributed by atoms with Crippen LogP contribution in [0.25, 0.3) is 0 Å². The van der Waals surface area contributed by atoms with E-state index in [4.69, 9.17) is 16.3 Å². The smallest absolute Gasteiger partial charge is 0.308 e. The number of alkyl halides is 1. The number of cyclic esters (lactones) is 1. The first kappa shape index (κ1) is 8.57. The molecule has 1 heterocycles. The molecule has 68 valence electrons. The molecule has 3 heteroatoms. The van der Waals surface area contributed by atoms with Gasteiger partial charge in [-0.25, -0.2) is 0 Å². The Hall–Kier alpha value is -1.02. The molecule has 13 heavy (non-hydrogen) atoms. The first-order chi connectivity index (χ1) is 6.27. The van der Waals surface area contributed by atoms with Crippen LogP contribution >= 0.6 is 11.6 Å². The van der Waals surface area contributed by atoms with E-state index in [0.29, 0.717) is 6.42 Å². The average molecular weight is 197 g/mol. The van der Waals surface area contributed by atoms with Crippen LogP contribution in [0.15, 0.2) is 30.3 Å². The number of benzene rings is 1. The molecule has 0 saturated carbocycles. The first-order valence-corrected chi connectivity index (χ1v) is 4.59. The highest BCUT2D eigenvalue weighted by Gasteiger charge is 2.33. The summed E-state index contributed by atoms with van der Waals surface area (Å²) in [6.45, 7) is 0. The van der Waals surface area contributed by atoms with Gasteiger partial charge in [-0.1, -0.05) is 41.9 Å². The highest BCUT2D eigenvalue weighted by Crippen LogP contribution is 2.33. The summed E-state index contributed by atoms with van der Waals surface area (Å²) in [5.41, 5.74) is 0.559. The second-order valence-corrected chi connectivity index (χ2v) is 3.49. The zero-order valence-electron chi connectivity index (χ0n) is 6.94. The zero-order chi connectivity index (χ0) is 9.26. The minimum Gasteiger partial charge on any atom is -0.445 e. The SMILES string of the molecule is O=C1C[C@@H](c2ccccc2)C(Cl)O1. The first-order valence-electron chi connectivity index (χ1n) is 4.16. The lowest BCUT2D eigenvalue weighted by Crippen LogP contribution is -2.05. The van der Waals surface area contributed by atoms with Gasteiger partial charge in [-0.05, 0) is 5.56 Å². The standard InChI is InChI=1S/C10H9ClO2/c11-10-8(6-9(12)13-10)7-4-2-1-3-5-7/h1-5,8,10H,6H2/t8-,10?/m0/s1. The van der Waals surface area contributed by atoms with Crippen molar-refractivity contribution in [2.24, 2.45) is 0 Å². The Kier molecular flexibility index (Phi) is 2.23. The molecule has 1 aromatic rings. The second kappa shape index (κ2) is 3.38. The van der Waals surface area contributed by atoms with E-state index in [9.17, 15) is 4.79 Å². The fraction of sp³-hybridized carbons (Fsp3) is 0.300. The van der Waals surface area contributed by atoms with Crippen molar-refractivity contribution in [3.8, 4) is 0 Å². The second-order valence-electron chi connectivity index (χ2n) is 3.06. The maximum absolute atomic E-state index is 10.9. The van der Waals surface area contributed by atoms with Gasteiger partial charge in [0.15, 0.2) is 5.56 Å². The third-order valence-corrected chi connectivity index (χ3v) is 2.57. The number of hydrogen-bond acceptors (Lipinski definition) is 2. The summed E-state index contributed by atoms with van der Waals surface area (Å²) in [5, 5.41) is 0. The number of hydrogen-bond donors (Lipinski definition) is 0. The van der Waals surface area contributed by atoms with Crippen LogP contribution in [0.5, 0.6) is 0 Å². The van der Waals surface area contributed by atoms with Crippen molar-refractivity contribution >= 4 is 17.6 Å². The van der Waals surface area contributed by atoms with E-state index in [1.165, 1.54) is 0 Å². The molecule has 1 fully saturated rings. The summed E-state index contributed by atoms with van der Waals surface area (Å²) in [7, 11) is 0. The molecule has 0 bridgehead atoms. The van der Waals surface area contributed by atoms with Crippen molar-refractivity contribution in [3.05, 3.63) is 35.9 Å². The van der Waals surface area contributed by atoms with Crippen LogP contribution in [0.2, 0.25) is 0 Å². The van der Waals surface area contributed by atoms with Crippen LogP contribution in [-0.4, -0.2) is 11.5 Å². The summed E-state index contributed by atoms with van der Waals surface area (Å²) >= 11 is 5.86. The van der Waals surface area contributed by atoms with E-state index in [0.717, 1.165) is 5.56 Å². The van der Waals surface area contributed by atoms with Crippen molar-refractivity contribution in [1.82, 2.24) is 0 Å². The van der Waals surface area contributed by atoms with Crippen LogP contribution in [-0.2, 0) is 9.53 Å². The Balaban J connectivity index is 2.23. The zero-order valence-corrected chi connectivity index (χ0v) is 7.70. The molecule has 0 N–H and O–H groups in total. The Morgan fingerprint density at radius 3 is 2.54 bits per heavy atom. The minimum absolute atomic E-state index is 0.00960. The molecule has 2 nitrogen and oxygen atoms in total. The van der Waals surface area contributed by atoms with Gasteiger partial charge in [0, 0.05) is 5.92 Å². The normalized spacial score (nSPS) is 27.3. The Morgan fingerprint density at radius 1 is 1.31 bits per heavy atom. The maximum atomic E-state index is 10.9. The van der Waals surface area contributed by atoms with E-state index in [-0.39, 0.29) is 11.9 Å². The van der Waals surface area contributed by atoms with Crippen LogP contribution < -0.4 is 0 Å². The third-order valence-electron chi connectivity index (χ3n) is 2.17. The quantitative estimate of drug-likeness (QED) is 0.509. The molecule has 2 atom stereocenters. The van der Waals surface area contributed by atoms with Gasteiger partial charge < -0.3 is 4.74 Å². The van der Waals surface area contributed by atoms with Crippen molar-refractivity contribution in [3.63, 3.8) is 0 Å². The van der Waals surface area contributed by atoms with E-state index >= 15 is 0 Å². The fourth-order valence-electron chi connectivity index (χ4n) is 1.50. The number of carbonyl (C=O) groups excluding carboxylic acids is 1. The summed E-state index contributed by atoms with van der Waals surface area (Å²) in [6.07, 6.45) is 0.387. The molecular formula is C10H9ClO2. The molecule has 0 amide bonds. The molecule has 0 radical (unpaired) electrons. The predicted octanol–water partition coefficient (Wildman–Crippen LogP) is 2.28. The molecule has 1 unspecified atom stereocenters. The third kappa shape index (κ3) is 1.68. The van der Waals surface area contributed by atoms with Gasteiger partial charge in [-0.3, -0.25) is 4.79 Å². The lowest BCUT2D eigenvalue weighted by molar-refractivity contribution is -0.139. The van der Waals surface area contributed by atoms with Gasteiger partial charge in [0.25, 0.3) is 0 Å². The van der Waals surface area contributed by atoms with Crippen LogP contribution in [0.4, 0.5) is 0 Å². The van der Waals surface area contributed by atoms with Gasteiger partial charge in [0.1, 0.15) is 0 Å². The number of esters is 1. The van der Waals surface area contributed by atoms with E-state index in [1.54, 1.807) is 0 Å². The van der Waals surface area contributed by atoms with Crippen molar-refractivity contribution in [2.45, 2.75) is 17.9 Å². The van der Waals surface area contributed by atoms with E-state index in [1.807, 2.05) is 30.3 Å². The fourth-order valence-corrected chi connectivity index (χ4v) is 1.83. The molecule has 2 rings (SSSR count). The van der Waals surface area contributed by atoms with Gasteiger partial charge in [0.05, 0.1) is 6.42 Å². The summed E-state index contributed by atoms with van der Waals surface area (Å²) in [4.78, 5) is 10.9. The van der Waals surface area contributed by atoms with Crippen molar-refractivity contribution in [2.75, 3.05) is 0 Å². The topological polar surface area (TPSA) is 26.3 Å². The van der Waals surface area contributed by atoms with Crippen LogP contribution in [0, 0.1) is 0 Å². The predicted molar refractivity (Wildman–Crippen MR) is 49.5 cm³/mol. The highest BCUT2D eigenvalue weighted by atomic mass is 35.5. The molecule has 0 aromatic heterocycles. The Morgan fingerprint density at radius 2 is 2.00 bits per heavy atom. The molecular weight excluding hydrogens is 188 g/mol. The molecule has 1 saturated heterocycles. The van der Waals surface area contributed by atoms with E-state index in [2.05, 4.69) is 0 Å². The monoisotopic (exact) mass is 196 g/mol. The van der Waals surface area contributed by atoms with Gasteiger partial charge in [-0.2, -0.15) is 0 Å². The summed E-state index contributed by atoms with van der Waals surface area (Å²) in [5.74, 6) is -0.204. The average Bonchev–Trinajstić information content (AvgIpc) is 2.47. The van der Waals surface area contributed by atoms with Crippen LogP contribution in [0.1, 0.15) is 17.9 Å². The van der Waals surface area contributed by atoms with Gasteiger partial charge in [0.2, 0.25) is 0 Å². The summed E-state index contributed by atoms with van der Waals surface area (Å²) < 4.78 is 4.85. The van der Waals surface area contributed by atoms with E-state index < -0.39 is 5.56 Å². The number of carbonyl (C=O) groups is 1. The molecule has 1 aromatic carbocycles. The highest BCUT2D eigenvalue weighted by molar-refractivity contribution is 6.21. The molecule has 0 aliphatic carbocycles. The lowest BCUT2D eigenvalue weighted by Gasteiger charge is -2.10. The summed E-state index contributed by atoms with van der Waals surface area (Å²) in [6, 6.07) is 9.72. The minimum atomic E-state index is -0.505. The van der Waals surface area contributed by atoms with Gasteiger partial charge in [-0.15, -0.1) is 0 Å². The number of halogens is 1. The lowest BCUT2D eigenvalue weighted by atomic mass is 9.98. The molecule has 1 aliphatic heterocycles. The Labute approximate surface area is 81.5 Å². The van der Waals surface area contributed by atoms with Gasteiger partial charge >= 0.3 is 5.97 Å².